The van der Waals surface area contributed by atoms with Crippen LogP contribution in [-0.4, -0.2) is 21.4 Å². The minimum absolute atomic E-state index is 0.121. The Morgan fingerprint density at radius 1 is 1.16 bits per heavy atom. The van der Waals surface area contributed by atoms with E-state index in [-0.39, 0.29) is 28.9 Å². The van der Waals surface area contributed by atoms with Crippen LogP contribution in [0.15, 0.2) is 47.4 Å². The fraction of sp³-hybridized carbons (Fsp3) is 0.400. The summed E-state index contributed by atoms with van der Waals surface area (Å²) in [7, 11) is 1.64. The lowest BCUT2D eigenvalue weighted by atomic mass is 9.93. The summed E-state index contributed by atoms with van der Waals surface area (Å²) in [6.45, 7) is 0.391. The first-order valence-electron chi connectivity index (χ1n) is 8.77. The van der Waals surface area contributed by atoms with E-state index in [9.17, 15) is 14.0 Å². The van der Waals surface area contributed by atoms with E-state index in [4.69, 9.17) is 0 Å². The van der Waals surface area contributed by atoms with Gasteiger partial charge >= 0.3 is 0 Å². The number of pyridine rings is 1. The van der Waals surface area contributed by atoms with Gasteiger partial charge in [-0.1, -0.05) is 31.4 Å². The lowest BCUT2D eigenvalue weighted by Crippen LogP contribution is -2.43. The first kappa shape index (κ1) is 17.4. The van der Waals surface area contributed by atoms with Crippen molar-refractivity contribution < 1.29 is 9.18 Å². The average molecular weight is 342 g/mol. The molecule has 0 atom stereocenters. The molecule has 4 nitrogen and oxygen atoms in total. The first-order valence-corrected chi connectivity index (χ1v) is 8.77. The zero-order chi connectivity index (χ0) is 17.8. The molecule has 5 heteroatoms. The molecular formula is C20H23FN2O2. The van der Waals surface area contributed by atoms with Crippen LogP contribution in [0.5, 0.6) is 0 Å². The fourth-order valence-corrected chi connectivity index (χ4v) is 3.46. The topological polar surface area (TPSA) is 42.3 Å². The number of hydrogen-bond donors (Lipinski definition) is 0. The van der Waals surface area contributed by atoms with E-state index < -0.39 is 0 Å². The van der Waals surface area contributed by atoms with Crippen molar-refractivity contribution in [3.8, 4) is 0 Å². The number of aryl methyl sites for hydroxylation is 1. The molecule has 1 amide bonds. The highest BCUT2D eigenvalue weighted by Gasteiger charge is 2.28. The van der Waals surface area contributed by atoms with Gasteiger partial charge in [-0.2, -0.15) is 0 Å². The van der Waals surface area contributed by atoms with Crippen molar-refractivity contribution in [1.29, 1.82) is 0 Å². The minimum Gasteiger partial charge on any atom is -0.331 e. The Labute approximate surface area is 146 Å². The average Bonchev–Trinajstić information content (AvgIpc) is 2.64. The molecule has 1 saturated carbocycles. The lowest BCUT2D eigenvalue weighted by Gasteiger charge is -2.34. The highest BCUT2D eigenvalue weighted by molar-refractivity contribution is 5.94. The van der Waals surface area contributed by atoms with Crippen molar-refractivity contribution >= 4 is 5.91 Å². The van der Waals surface area contributed by atoms with Gasteiger partial charge in [0.2, 0.25) is 0 Å². The molecule has 1 heterocycles. The van der Waals surface area contributed by atoms with Crippen molar-refractivity contribution in [2.45, 2.75) is 44.7 Å². The highest BCUT2D eigenvalue weighted by Crippen LogP contribution is 2.25. The number of amides is 1. The number of benzene rings is 1. The van der Waals surface area contributed by atoms with Crippen molar-refractivity contribution in [1.82, 2.24) is 9.47 Å². The SMILES string of the molecule is Cn1cccc(C(=O)N(Cc2ccc(F)cc2)C2CCCCC2)c1=O. The first-order chi connectivity index (χ1) is 12.1. The number of carbonyl (C=O) groups is 1. The van der Waals surface area contributed by atoms with Gasteiger partial charge in [0.1, 0.15) is 11.4 Å². The Bertz CT molecular complexity index is 792. The van der Waals surface area contributed by atoms with Crippen LogP contribution >= 0.6 is 0 Å². The molecule has 0 spiro atoms. The van der Waals surface area contributed by atoms with Crippen molar-refractivity contribution in [3.63, 3.8) is 0 Å². The van der Waals surface area contributed by atoms with E-state index in [0.29, 0.717) is 6.54 Å². The Hall–Kier alpha value is -2.43. The maximum atomic E-state index is 13.2. The van der Waals surface area contributed by atoms with Gasteiger partial charge in [-0.05, 0) is 42.7 Å². The van der Waals surface area contributed by atoms with Crippen LogP contribution < -0.4 is 5.56 Å². The van der Waals surface area contributed by atoms with Crippen LogP contribution in [-0.2, 0) is 13.6 Å². The Morgan fingerprint density at radius 2 is 1.84 bits per heavy atom. The Kier molecular flexibility index (Phi) is 5.31. The molecule has 0 radical (unpaired) electrons. The molecule has 1 fully saturated rings. The number of nitrogens with zero attached hydrogens (tertiary/aromatic N) is 2. The predicted molar refractivity (Wildman–Crippen MR) is 94.8 cm³/mol. The van der Waals surface area contributed by atoms with Crippen LogP contribution in [0.4, 0.5) is 4.39 Å². The maximum absolute atomic E-state index is 13.2. The van der Waals surface area contributed by atoms with Crippen LogP contribution in [0.3, 0.4) is 0 Å². The van der Waals surface area contributed by atoms with E-state index >= 15 is 0 Å². The van der Waals surface area contributed by atoms with Gasteiger partial charge in [-0.15, -0.1) is 0 Å². The molecule has 1 aromatic heterocycles. The van der Waals surface area contributed by atoms with Crippen LogP contribution in [0, 0.1) is 5.82 Å². The molecule has 1 aliphatic carbocycles. The fourth-order valence-electron chi connectivity index (χ4n) is 3.46. The molecule has 1 aliphatic rings. The van der Waals surface area contributed by atoms with Crippen molar-refractivity contribution in [2.75, 3.05) is 0 Å². The summed E-state index contributed by atoms with van der Waals surface area (Å²) in [4.78, 5) is 27.3. The molecule has 0 saturated heterocycles. The molecular weight excluding hydrogens is 319 g/mol. The Balaban J connectivity index is 1.92. The van der Waals surface area contributed by atoms with E-state index in [1.807, 2.05) is 0 Å². The number of rotatable bonds is 4. The van der Waals surface area contributed by atoms with Crippen molar-refractivity contribution in [3.05, 3.63) is 69.9 Å². The van der Waals surface area contributed by atoms with Crippen LogP contribution in [0.25, 0.3) is 0 Å². The summed E-state index contributed by atoms with van der Waals surface area (Å²) in [5.41, 5.74) is 0.776. The lowest BCUT2D eigenvalue weighted by molar-refractivity contribution is 0.0611. The third-order valence-corrected chi connectivity index (χ3v) is 4.90. The summed E-state index contributed by atoms with van der Waals surface area (Å²) < 4.78 is 14.6. The molecule has 3 rings (SSSR count). The second kappa shape index (κ2) is 7.64. The molecule has 0 unspecified atom stereocenters. The maximum Gasteiger partial charge on any atom is 0.263 e. The normalized spacial score (nSPS) is 15.1. The standard InChI is InChI=1S/C20H23FN2O2/c1-22-13-5-8-18(19(22)24)20(25)23(17-6-3-2-4-7-17)14-15-9-11-16(21)12-10-15/h5,8-13,17H,2-4,6-7,14H2,1H3. The van der Waals surface area contributed by atoms with Gasteiger partial charge in [-0.25, -0.2) is 4.39 Å². The summed E-state index contributed by atoms with van der Waals surface area (Å²) in [5.74, 6) is -0.534. The van der Waals surface area contributed by atoms with E-state index in [1.165, 1.54) is 23.1 Å². The van der Waals surface area contributed by atoms with Crippen molar-refractivity contribution in [2.24, 2.45) is 7.05 Å². The largest absolute Gasteiger partial charge is 0.331 e. The highest BCUT2D eigenvalue weighted by atomic mass is 19.1. The smallest absolute Gasteiger partial charge is 0.263 e. The summed E-state index contributed by atoms with van der Waals surface area (Å²) in [5, 5.41) is 0. The van der Waals surface area contributed by atoms with Gasteiger partial charge in [0.15, 0.2) is 0 Å². The van der Waals surface area contributed by atoms with Gasteiger partial charge in [0, 0.05) is 25.8 Å². The van der Waals surface area contributed by atoms with E-state index in [1.54, 1.807) is 42.4 Å². The monoisotopic (exact) mass is 342 g/mol. The quantitative estimate of drug-likeness (QED) is 0.853. The molecule has 1 aromatic carbocycles. The van der Waals surface area contributed by atoms with E-state index in [0.717, 1.165) is 31.2 Å². The van der Waals surface area contributed by atoms with Gasteiger partial charge in [0.05, 0.1) is 0 Å². The molecule has 132 valence electrons. The summed E-state index contributed by atoms with van der Waals surface area (Å²) in [6, 6.07) is 9.62. The van der Waals surface area contributed by atoms with Gasteiger partial charge in [-0.3, -0.25) is 9.59 Å². The number of aromatic nitrogens is 1. The third kappa shape index (κ3) is 3.98. The number of carbonyl (C=O) groups excluding carboxylic acids is 1. The predicted octanol–water partition coefficient (Wildman–Crippen LogP) is 3.50. The molecule has 0 N–H and O–H groups in total. The molecule has 25 heavy (non-hydrogen) atoms. The van der Waals surface area contributed by atoms with E-state index in [2.05, 4.69) is 0 Å². The summed E-state index contributed by atoms with van der Waals surface area (Å²) in [6.07, 6.45) is 6.89. The zero-order valence-corrected chi connectivity index (χ0v) is 14.5. The second-order valence-corrected chi connectivity index (χ2v) is 6.69. The van der Waals surface area contributed by atoms with Crippen LogP contribution in [0.2, 0.25) is 0 Å². The minimum atomic E-state index is -0.295. The van der Waals surface area contributed by atoms with Crippen LogP contribution in [0.1, 0.15) is 48.0 Å². The number of hydrogen-bond acceptors (Lipinski definition) is 2. The van der Waals surface area contributed by atoms with Gasteiger partial charge in [0.25, 0.3) is 11.5 Å². The number of halogens is 1. The molecule has 0 bridgehead atoms. The summed E-state index contributed by atoms with van der Waals surface area (Å²) >= 11 is 0. The molecule has 0 aliphatic heterocycles. The molecule has 2 aromatic rings. The van der Waals surface area contributed by atoms with Gasteiger partial charge < -0.3 is 9.47 Å². The zero-order valence-electron chi connectivity index (χ0n) is 14.5. The Morgan fingerprint density at radius 3 is 2.52 bits per heavy atom. The third-order valence-electron chi connectivity index (χ3n) is 4.90. The second-order valence-electron chi connectivity index (χ2n) is 6.69.